The van der Waals surface area contributed by atoms with Gasteiger partial charge in [0.25, 0.3) is 5.91 Å². The van der Waals surface area contributed by atoms with Crippen LogP contribution < -0.4 is 11.3 Å². The monoisotopic (exact) mass is 369 g/mol. The first-order chi connectivity index (χ1) is 13.8. The molecule has 136 valence electrons. The number of amides is 1. The first-order valence-electron chi connectivity index (χ1n) is 8.43. The van der Waals surface area contributed by atoms with Crippen molar-refractivity contribution in [2.45, 2.75) is 0 Å². The third kappa shape index (κ3) is 3.31. The second-order valence-corrected chi connectivity index (χ2v) is 5.78. The molecule has 0 saturated carbocycles. The molecule has 4 aromatic heterocycles. The second kappa shape index (κ2) is 7.68. The van der Waals surface area contributed by atoms with Crippen LogP contribution in [0.1, 0.15) is 10.4 Å². The third-order valence-corrected chi connectivity index (χ3v) is 4.07. The number of nitrogens with zero attached hydrogens (tertiary/aromatic N) is 5. The van der Waals surface area contributed by atoms with Crippen LogP contribution in [0.4, 0.5) is 0 Å². The summed E-state index contributed by atoms with van der Waals surface area (Å²) in [5.74, 6) is 5.14. The molecule has 28 heavy (non-hydrogen) atoms. The Morgan fingerprint density at radius 2 is 1.46 bits per heavy atom. The number of nitrogens with one attached hydrogen (secondary N) is 1. The van der Waals surface area contributed by atoms with Crippen LogP contribution in [-0.4, -0.2) is 30.8 Å². The highest BCUT2D eigenvalue weighted by molar-refractivity contribution is 5.93. The van der Waals surface area contributed by atoms with E-state index in [2.05, 4.69) is 30.3 Å². The Morgan fingerprint density at radius 1 is 0.786 bits per heavy atom. The van der Waals surface area contributed by atoms with E-state index in [1.807, 2.05) is 42.5 Å². The van der Waals surface area contributed by atoms with Gasteiger partial charge in [0.15, 0.2) is 5.82 Å². The summed E-state index contributed by atoms with van der Waals surface area (Å²) in [5.41, 5.74) is 5.93. The van der Waals surface area contributed by atoms with Crippen molar-refractivity contribution in [1.29, 1.82) is 0 Å². The van der Waals surface area contributed by atoms with E-state index in [4.69, 9.17) is 5.84 Å². The van der Waals surface area contributed by atoms with Gasteiger partial charge in [-0.25, -0.2) is 15.8 Å². The Balaban J connectivity index is 1.92. The fraction of sp³-hybridized carbons (Fsp3) is 0. The molecule has 0 aromatic carbocycles. The molecule has 8 nitrogen and oxygen atoms in total. The third-order valence-electron chi connectivity index (χ3n) is 4.07. The predicted octanol–water partition coefficient (Wildman–Crippen LogP) is 2.27. The molecule has 0 spiro atoms. The summed E-state index contributed by atoms with van der Waals surface area (Å²) in [5, 5.41) is 0. The average Bonchev–Trinajstić information content (AvgIpc) is 2.79. The number of carbonyl (C=O) groups is 1. The zero-order valence-corrected chi connectivity index (χ0v) is 14.6. The number of pyridine rings is 3. The Bertz CT molecular complexity index is 1100. The Kier molecular flexibility index (Phi) is 4.77. The smallest absolute Gasteiger partial charge is 0.268 e. The number of nitrogens with two attached hydrogens (primary N) is 1. The fourth-order valence-electron chi connectivity index (χ4n) is 2.78. The van der Waals surface area contributed by atoms with Gasteiger partial charge in [0.2, 0.25) is 0 Å². The number of hydrazine groups is 1. The van der Waals surface area contributed by atoms with E-state index in [1.165, 1.54) is 12.4 Å². The highest BCUT2D eigenvalue weighted by Crippen LogP contribution is 2.35. The number of carbonyl (C=O) groups excluding carboxylic acids is 1. The molecule has 0 fully saturated rings. The lowest BCUT2D eigenvalue weighted by Gasteiger charge is -2.13. The number of aromatic nitrogens is 5. The van der Waals surface area contributed by atoms with Gasteiger partial charge >= 0.3 is 0 Å². The first kappa shape index (κ1) is 17.4. The van der Waals surface area contributed by atoms with Crippen LogP contribution in [0.15, 0.2) is 73.4 Å². The Morgan fingerprint density at radius 3 is 2.07 bits per heavy atom. The average molecular weight is 369 g/mol. The molecule has 0 saturated heterocycles. The topological polar surface area (TPSA) is 120 Å². The minimum absolute atomic E-state index is 0.268. The van der Waals surface area contributed by atoms with Crippen molar-refractivity contribution in [3.05, 3.63) is 79.0 Å². The van der Waals surface area contributed by atoms with Gasteiger partial charge in [-0.3, -0.25) is 25.2 Å². The van der Waals surface area contributed by atoms with Crippen LogP contribution in [0.25, 0.3) is 34.0 Å². The molecule has 0 aliphatic rings. The largest absolute Gasteiger partial charge is 0.290 e. The van der Waals surface area contributed by atoms with Crippen LogP contribution in [0.3, 0.4) is 0 Å². The second-order valence-electron chi connectivity index (χ2n) is 5.78. The van der Waals surface area contributed by atoms with Gasteiger partial charge in [0.1, 0.15) is 0 Å². The van der Waals surface area contributed by atoms with Crippen molar-refractivity contribution < 1.29 is 4.79 Å². The van der Waals surface area contributed by atoms with Gasteiger partial charge in [0.05, 0.1) is 22.6 Å². The molecule has 0 aliphatic carbocycles. The van der Waals surface area contributed by atoms with Gasteiger partial charge < -0.3 is 0 Å². The van der Waals surface area contributed by atoms with Crippen molar-refractivity contribution in [1.82, 2.24) is 30.3 Å². The molecular formula is C20H15N7O. The van der Waals surface area contributed by atoms with Gasteiger partial charge in [-0.1, -0.05) is 12.1 Å². The molecule has 4 rings (SSSR count). The molecule has 0 unspecified atom stereocenters. The number of nitrogen functional groups attached to an aromatic ring is 1. The molecule has 0 radical (unpaired) electrons. The molecule has 0 atom stereocenters. The van der Waals surface area contributed by atoms with Crippen molar-refractivity contribution in [2.24, 2.45) is 5.84 Å². The van der Waals surface area contributed by atoms with Crippen LogP contribution in [-0.2, 0) is 0 Å². The van der Waals surface area contributed by atoms with E-state index in [-0.39, 0.29) is 5.56 Å². The Labute approximate surface area is 160 Å². The molecule has 3 N–H and O–H groups in total. The zero-order chi connectivity index (χ0) is 19.3. The van der Waals surface area contributed by atoms with E-state index in [9.17, 15) is 4.79 Å². The van der Waals surface area contributed by atoms with Crippen LogP contribution in [0.2, 0.25) is 0 Å². The predicted molar refractivity (Wildman–Crippen MR) is 103 cm³/mol. The first-order valence-corrected chi connectivity index (χ1v) is 8.43. The summed E-state index contributed by atoms with van der Waals surface area (Å²) in [6.07, 6.45) is 7.95. The van der Waals surface area contributed by atoms with Crippen molar-refractivity contribution in [2.75, 3.05) is 0 Å². The molecule has 1 amide bonds. The molecule has 4 heterocycles. The van der Waals surface area contributed by atoms with Crippen LogP contribution in [0, 0.1) is 0 Å². The number of hydrogen-bond donors (Lipinski definition) is 2. The van der Waals surface area contributed by atoms with E-state index in [0.29, 0.717) is 17.2 Å². The van der Waals surface area contributed by atoms with Crippen molar-refractivity contribution in [3.8, 4) is 34.0 Å². The van der Waals surface area contributed by atoms with Crippen LogP contribution in [0.5, 0.6) is 0 Å². The Hall–Kier alpha value is -4.04. The lowest BCUT2D eigenvalue weighted by atomic mass is 9.99. The fourth-order valence-corrected chi connectivity index (χ4v) is 2.78. The lowest BCUT2D eigenvalue weighted by molar-refractivity contribution is 0.0953. The quantitative estimate of drug-likeness (QED) is 0.322. The van der Waals surface area contributed by atoms with E-state index in [1.54, 1.807) is 18.6 Å². The van der Waals surface area contributed by atoms with Gasteiger partial charge in [-0.05, 0) is 30.3 Å². The van der Waals surface area contributed by atoms with Gasteiger partial charge in [0, 0.05) is 42.1 Å². The molecular weight excluding hydrogens is 354 g/mol. The molecule has 8 heteroatoms. The number of rotatable bonds is 4. The summed E-state index contributed by atoms with van der Waals surface area (Å²) < 4.78 is 0. The summed E-state index contributed by atoms with van der Waals surface area (Å²) in [6.45, 7) is 0. The lowest BCUT2D eigenvalue weighted by Crippen LogP contribution is -2.30. The summed E-state index contributed by atoms with van der Waals surface area (Å²) >= 11 is 0. The highest BCUT2D eigenvalue weighted by Gasteiger charge is 2.18. The normalized spacial score (nSPS) is 10.5. The van der Waals surface area contributed by atoms with E-state index < -0.39 is 5.91 Å². The summed E-state index contributed by atoms with van der Waals surface area (Å²) in [7, 11) is 0. The van der Waals surface area contributed by atoms with E-state index >= 15 is 0 Å². The summed E-state index contributed by atoms with van der Waals surface area (Å²) in [6, 6.07) is 13.1. The van der Waals surface area contributed by atoms with Gasteiger partial charge in [-0.15, -0.1) is 0 Å². The maximum atomic E-state index is 11.6. The molecule has 0 bridgehead atoms. The maximum Gasteiger partial charge on any atom is 0.268 e. The molecule has 0 aliphatic heterocycles. The zero-order valence-electron chi connectivity index (χ0n) is 14.6. The van der Waals surface area contributed by atoms with Gasteiger partial charge in [-0.2, -0.15) is 0 Å². The SMILES string of the molecule is NNC(=O)c1cnc(-c2ccnc(-c3ccccn3)c2-c2ccccn2)nc1. The van der Waals surface area contributed by atoms with Crippen molar-refractivity contribution in [3.63, 3.8) is 0 Å². The van der Waals surface area contributed by atoms with Crippen LogP contribution >= 0.6 is 0 Å². The minimum atomic E-state index is -0.458. The number of hydrogen-bond acceptors (Lipinski definition) is 7. The highest BCUT2D eigenvalue weighted by atomic mass is 16.2. The van der Waals surface area contributed by atoms with Crippen molar-refractivity contribution >= 4 is 5.91 Å². The maximum absolute atomic E-state index is 11.6. The minimum Gasteiger partial charge on any atom is -0.290 e. The van der Waals surface area contributed by atoms with E-state index in [0.717, 1.165) is 16.8 Å². The molecule has 4 aromatic rings. The summed E-state index contributed by atoms with van der Waals surface area (Å²) in [4.78, 5) is 33.7. The standard InChI is InChI=1S/C20H15N7O/c21-27-20(28)13-11-25-19(26-12-13)14-7-10-24-18(16-6-2-4-9-23-16)17(14)15-5-1-3-8-22-15/h1-12H,21H2,(H,27,28).